The fourth-order valence-electron chi connectivity index (χ4n) is 3.32. The molecule has 2 aliphatic rings. The predicted molar refractivity (Wildman–Crippen MR) is 90.6 cm³/mol. The first kappa shape index (κ1) is 16.7. The lowest BCUT2D eigenvalue weighted by molar-refractivity contribution is 0.0512. The van der Waals surface area contributed by atoms with Crippen LogP contribution in [-0.2, 0) is 0 Å². The summed E-state index contributed by atoms with van der Waals surface area (Å²) >= 11 is 0. The molecule has 2 aliphatic heterocycles. The Balaban J connectivity index is 1.59. The third-order valence-electron chi connectivity index (χ3n) is 4.80. The number of likely N-dealkylation sites (N-methyl/N-ethyl adjacent to an activating group) is 1. The van der Waals surface area contributed by atoms with Crippen LogP contribution in [0.4, 0.5) is 10.5 Å². The first-order valence-corrected chi connectivity index (χ1v) is 8.23. The van der Waals surface area contributed by atoms with Crippen LogP contribution in [0.5, 0.6) is 0 Å². The molecule has 3 rings (SSSR count). The van der Waals surface area contributed by atoms with Crippen molar-refractivity contribution in [2.24, 2.45) is 0 Å². The number of urea groups is 1. The molecule has 7 nitrogen and oxygen atoms in total. The number of amides is 2. The molecular formula is C17H23N5O2. The van der Waals surface area contributed by atoms with Crippen molar-refractivity contribution in [1.82, 2.24) is 14.7 Å². The Morgan fingerprint density at radius 3 is 2.75 bits per heavy atom. The molecule has 1 aromatic carbocycles. The Morgan fingerprint density at radius 2 is 2.04 bits per heavy atom. The zero-order valence-corrected chi connectivity index (χ0v) is 13.9. The Bertz CT molecular complexity index is 636. The minimum absolute atomic E-state index is 0.00473. The normalized spacial score (nSPS) is 25.5. The third kappa shape index (κ3) is 3.67. The Morgan fingerprint density at radius 1 is 1.29 bits per heavy atom. The van der Waals surface area contributed by atoms with Crippen molar-refractivity contribution in [3.8, 4) is 6.07 Å². The number of rotatable bonds is 2. The van der Waals surface area contributed by atoms with E-state index in [1.807, 2.05) is 0 Å². The molecule has 0 saturated carbocycles. The number of anilines is 1. The maximum Gasteiger partial charge on any atom is 0.321 e. The molecule has 0 aliphatic carbocycles. The number of hydrogen-bond acceptors (Lipinski definition) is 5. The first-order chi connectivity index (χ1) is 11.6. The number of aliphatic hydroxyl groups excluding tert-OH is 1. The van der Waals surface area contributed by atoms with Gasteiger partial charge < -0.3 is 20.2 Å². The van der Waals surface area contributed by atoms with Gasteiger partial charge >= 0.3 is 6.03 Å². The van der Waals surface area contributed by atoms with Gasteiger partial charge in [-0.25, -0.2) is 4.79 Å². The number of carbonyl (C=O) groups is 1. The van der Waals surface area contributed by atoms with Gasteiger partial charge in [0.15, 0.2) is 0 Å². The van der Waals surface area contributed by atoms with Gasteiger partial charge in [-0.2, -0.15) is 5.26 Å². The number of aliphatic hydroxyl groups is 1. The van der Waals surface area contributed by atoms with Crippen LogP contribution in [0.25, 0.3) is 0 Å². The van der Waals surface area contributed by atoms with E-state index in [4.69, 9.17) is 5.26 Å². The quantitative estimate of drug-likeness (QED) is 0.820. The van der Waals surface area contributed by atoms with Gasteiger partial charge in [0, 0.05) is 38.4 Å². The minimum Gasteiger partial charge on any atom is -0.390 e. The summed E-state index contributed by atoms with van der Waals surface area (Å²) in [5.41, 5.74) is 1.10. The molecule has 7 heteroatoms. The average Bonchev–Trinajstić information content (AvgIpc) is 2.98. The number of nitrogens with one attached hydrogen (secondary N) is 1. The van der Waals surface area contributed by atoms with E-state index >= 15 is 0 Å². The van der Waals surface area contributed by atoms with Crippen LogP contribution in [0.15, 0.2) is 24.3 Å². The molecule has 0 spiro atoms. The van der Waals surface area contributed by atoms with E-state index in [-0.39, 0.29) is 12.1 Å². The smallest absolute Gasteiger partial charge is 0.321 e. The van der Waals surface area contributed by atoms with Gasteiger partial charge in [-0.1, -0.05) is 6.07 Å². The second-order valence-corrected chi connectivity index (χ2v) is 6.50. The number of nitrogens with zero attached hydrogens (tertiary/aromatic N) is 4. The SMILES string of the molecule is CN1CCN([C@@H]2CN(C(=O)Nc3cccc(C#N)c3)C[C@H]2O)CC1. The Labute approximate surface area is 142 Å². The maximum atomic E-state index is 12.4. The molecular weight excluding hydrogens is 306 g/mol. The third-order valence-corrected chi connectivity index (χ3v) is 4.80. The summed E-state index contributed by atoms with van der Waals surface area (Å²) in [6, 6.07) is 8.64. The van der Waals surface area contributed by atoms with E-state index < -0.39 is 6.10 Å². The van der Waals surface area contributed by atoms with Crippen molar-refractivity contribution < 1.29 is 9.90 Å². The lowest BCUT2D eigenvalue weighted by Crippen LogP contribution is -2.52. The number of benzene rings is 1. The molecule has 0 unspecified atom stereocenters. The summed E-state index contributed by atoms with van der Waals surface area (Å²) in [4.78, 5) is 18.6. The zero-order chi connectivity index (χ0) is 17.1. The minimum atomic E-state index is -0.524. The highest BCUT2D eigenvalue weighted by molar-refractivity contribution is 5.89. The lowest BCUT2D eigenvalue weighted by Gasteiger charge is -2.37. The summed E-state index contributed by atoms with van der Waals surface area (Å²) in [5.74, 6) is 0. The van der Waals surface area contributed by atoms with Gasteiger partial charge in [0.05, 0.1) is 30.3 Å². The molecule has 0 bridgehead atoms. The summed E-state index contributed by atoms with van der Waals surface area (Å²) in [6.07, 6.45) is -0.524. The largest absolute Gasteiger partial charge is 0.390 e. The molecule has 2 amide bonds. The topological polar surface area (TPSA) is 82.8 Å². The van der Waals surface area contributed by atoms with Gasteiger partial charge in [0.2, 0.25) is 0 Å². The van der Waals surface area contributed by atoms with Gasteiger partial charge in [0.1, 0.15) is 0 Å². The summed E-state index contributed by atoms with van der Waals surface area (Å²) in [7, 11) is 2.09. The Hall–Kier alpha value is -2.14. The molecule has 0 radical (unpaired) electrons. The molecule has 2 fully saturated rings. The maximum absolute atomic E-state index is 12.4. The van der Waals surface area contributed by atoms with Gasteiger partial charge in [-0.05, 0) is 25.2 Å². The highest BCUT2D eigenvalue weighted by atomic mass is 16.3. The van der Waals surface area contributed by atoms with E-state index in [0.717, 1.165) is 26.2 Å². The summed E-state index contributed by atoms with van der Waals surface area (Å²) in [6.45, 7) is 4.65. The van der Waals surface area contributed by atoms with Crippen molar-refractivity contribution in [3.63, 3.8) is 0 Å². The van der Waals surface area contributed by atoms with E-state index in [1.165, 1.54) is 0 Å². The number of β-amino-alcohol motifs (C(OH)–C–C–N with tert-alkyl or cyclic N) is 1. The van der Waals surface area contributed by atoms with Crippen LogP contribution in [-0.4, -0.2) is 84.3 Å². The van der Waals surface area contributed by atoms with Crippen LogP contribution < -0.4 is 5.32 Å². The van der Waals surface area contributed by atoms with Crippen LogP contribution in [0.2, 0.25) is 0 Å². The molecule has 2 heterocycles. The molecule has 2 saturated heterocycles. The standard InChI is InChI=1S/C17H23N5O2/c1-20-5-7-21(8-6-20)15-11-22(12-16(15)23)17(24)19-14-4-2-3-13(9-14)10-18/h2-4,9,15-16,23H,5-8,11-12H2,1H3,(H,19,24)/t15-,16-/m1/s1. The van der Waals surface area contributed by atoms with Crippen molar-refractivity contribution in [2.75, 3.05) is 51.6 Å². The van der Waals surface area contributed by atoms with Crippen molar-refractivity contribution in [1.29, 1.82) is 5.26 Å². The van der Waals surface area contributed by atoms with Crippen molar-refractivity contribution in [2.45, 2.75) is 12.1 Å². The van der Waals surface area contributed by atoms with Gasteiger partial charge in [-0.15, -0.1) is 0 Å². The molecule has 1 aromatic rings. The fourth-order valence-corrected chi connectivity index (χ4v) is 3.32. The van der Waals surface area contributed by atoms with E-state index in [1.54, 1.807) is 29.2 Å². The lowest BCUT2D eigenvalue weighted by atomic mass is 10.1. The summed E-state index contributed by atoms with van der Waals surface area (Å²) in [5, 5.41) is 22.1. The summed E-state index contributed by atoms with van der Waals surface area (Å²) < 4.78 is 0. The second kappa shape index (κ2) is 7.18. The molecule has 2 N–H and O–H groups in total. The van der Waals surface area contributed by atoms with Crippen molar-refractivity contribution >= 4 is 11.7 Å². The molecule has 24 heavy (non-hydrogen) atoms. The fraction of sp³-hybridized carbons (Fsp3) is 0.529. The van der Waals surface area contributed by atoms with Crippen LogP contribution in [0.1, 0.15) is 5.56 Å². The van der Waals surface area contributed by atoms with E-state index in [2.05, 4.69) is 28.2 Å². The predicted octanol–water partition coefficient (Wildman–Crippen LogP) is 0.383. The molecule has 0 aromatic heterocycles. The Kier molecular flexibility index (Phi) is 5.00. The van der Waals surface area contributed by atoms with Gasteiger partial charge in [0.25, 0.3) is 0 Å². The van der Waals surface area contributed by atoms with E-state index in [9.17, 15) is 9.90 Å². The monoisotopic (exact) mass is 329 g/mol. The first-order valence-electron chi connectivity index (χ1n) is 8.23. The number of hydrogen-bond donors (Lipinski definition) is 2. The number of piperazine rings is 1. The highest BCUT2D eigenvalue weighted by Gasteiger charge is 2.38. The number of likely N-dealkylation sites (tertiary alicyclic amines) is 1. The van der Waals surface area contributed by atoms with Gasteiger partial charge in [-0.3, -0.25) is 4.90 Å². The molecule has 2 atom stereocenters. The second-order valence-electron chi connectivity index (χ2n) is 6.50. The number of carbonyl (C=O) groups excluding carboxylic acids is 1. The van der Waals surface area contributed by atoms with Crippen LogP contribution in [0, 0.1) is 11.3 Å². The van der Waals surface area contributed by atoms with Crippen LogP contribution >= 0.6 is 0 Å². The zero-order valence-electron chi connectivity index (χ0n) is 13.9. The molecule has 128 valence electrons. The van der Waals surface area contributed by atoms with Crippen LogP contribution in [0.3, 0.4) is 0 Å². The highest BCUT2D eigenvalue weighted by Crippen LogP contribution is 2.19. The van der Waals surface area contributed by atoms with E-state index in [0.29, 0.717) is 24.3 Å². The van der Waals surface area contributed by atoms with Crippen molar-refractivity contribution in [3.05, 3.63) is 29.8 Å². The average molecular weight is 329 g/mol. The number of nitriles is 1.